The van der Waals surface area contributed by atoms with Crippen molar-refractivity contribution in [2.75, 3.05) is 11.3 Å². The second-order valence-corrected chi connectivity index (χ2v) is 8.55. The van der Waals surface area contributed by atoms with Crippen molar-refractivity contribution in [3.05, 3.63) is 76.8 Å². The van der Waals surface area contributed by atoms with Crippen LogP contribution in [-0.4, -0.2) is 30.4 Å². The van der Waals surface area contributed by atoms with Gasteiger partial charge >= 0.3 is 0 Å². The number of aryl methyl sites for hydroxylation is 1. The molecule has 0 aliphatic rings. The molecule has 3 rings (SSSR count). The average Bonchev–Trinajstić information content (AvgIpc) is 3.21. The van der Waals surface area contributed by atoms with Gasteiger partial charge in [0.1, 0.15) is 4.90 Å². The quantitative estimate of drug-likeness (QED) is 0.508. The summed E-state index contributed by atoms with van der Waals surface area (Å²) in [5.41, 5.74) is 0.354. The Morgan fingerprint density at radius 1 is 1.10 bits per heavy atom. The molecular formula is C19H18Cl2N4O3S. The summed E-state index contributed by atoms with van der Waals surface area (Å²) in [4.78, 5) is 16.4. The number of nitrogens with one attached hydrogen (secondary N) is 2. The maximum Gasteiger partial charge on any atom is 0.263 e. The van der Waals surface area contributed by atoms with Gasteiger partial charge in [-0.1, -0.05) is 41.4 Å². The van der Waals surface area contributed by atoms with Crippen molar-refractivity contribution in [2.45, 2.75) is 17.9 Å². The Morgan fingerprint density at radius 3 is 2.66 bits per heavy atom. The number of para-hydroxylation sites is 1. The summed E-state index contributed by atoms with van der Waals surface area (Å²) in [5, 5.41) is 2.84. The molecule has 1 aromatic heterocycles. The van der Waals surface area contributed by atoms with Crippen LogP contribution in [0.2, 0.25) is 10.0 Å². The molecule has 2 N–H and O–H groups in total. The van der Waals surface area contributed by atoms with Crippen LogP contribution in [0.25, 0.3) is 0 Å². The fourth-order valence-corrected chi connectivity index (χ4v) is 4.48. The molecule has 0 aliphatic carbocycles. The number of imidazole rings is 1. The zero-order valence-corrected chi connectivity index (χ0v) is 17.5. The van der Waals surface area contributed by atoms with Crippen molar-refractivity contribution < 1.29 is 13.2 Å². The van der Waals surface area contributed by atoms with Gasteiger partial charge in [0.15, 0.2) is 0 Å². The van der Waals surface area contributed by atoms with Gasteiger partial charge in [-0.2, -0.15) is 0 Å². The maximum absolute atomic E-state index is 12.7. The number of amides is 1. The van der Waals surface area contributed by atoms with E-state index in [4.69, 9.17) is 23.2 Å². The topological polar surface area (TPSA) is 93.1 Å². The van der Waals surface area contributed by atoms with Gasteiger partial charge in [-0.05, 0) is 30.7 Å². The molecule has 0 aliphatic heterocycles. The third kappa shape index (κ3) is 5.29. The number of anilines is 1. The van der Waals surface area contributed by atoms with Gasteiger partial charge in [0.05, 0.1) is 27.6 Å². The Labute approximate surface area is 178 Å². The summed E-state index contributed by atoms with van der Waals surface area (Å²) in [6.45, 7) is 1.14. The van der Waals surface area contributed by atoms with E-state index < -0.39 is 10.0 Å². The Morgan fingerprint density at radius 2 is 1.90 bits per heavy atom. The minimum Gasteiger partial charge on any atom is -0.352 e. The molecule has 0 atom stereocenters. The zero-order valence-electron chi connectivity index (χ0n) is 15.2. The highest BCUT2D eigenvalue weighted by molar-refractivity contribution is 7.92. The van der Waals surface area contributed by atoms with E-state index in [2.05, 4.69) is 15.0 Å². The summed E-state index contributed by atoms with van der Waals surface area (Å²) < 4.78 is 29.8. The van der Waals surface area contributed by atoms with Crippen molar-refractivity contribution in [3.8, 4) is 0 Å². The van der Waals surface area contributed by atoms with Gasteiger partial charge in [-0.15, -0.1) is 0 Å². The molecular weight excluding hydrogens is 435 g/mol. The Balaban J connectivity index is 1.71. The average molecular weight is 453 g/mol. The van der Waals surface area contributed by atoms with Crippen molar-refractivity contribution in [1.82, 2.24) is 14.9 Å². The third-order valence-electron chi connectivity index (χ3n) is 4.06. The van der Waals surface area contributed by atoms with Crippen LogP contribution in [0.5, 0.6) is 0 Å². The number of sulfonamides is 1. The zero-order chi connectivity index (χ0) is 20.9. The van der Waals surface area contributed by atoms with Crippen LogP contribution >= 0.6 is 23.2 Å². The first-order valence-electron chi connectivity index (χ1n) is 8.68. The number of benzene rings is 2. The maximum atomic E-state index is 12.7. The highest BCUT2D eigenvalue weighted by Gasteiger charge is 2.22. The van der Waals surface area contributed by atoms with Crippen LogP contribution in [0.3, 0.4) is 0 Å². The smallest absolute Gasteiger partial charge is 0.263 e. The van der Waals surface area contributed by atoms with Gasteiger partial charge in [-0.3, -0.25) is 9.52 Å². The highest BCUT2D eigenvalue weighted by Crippen LogP contribution is 2.30. The molecule has 2 aromatic carbocycles. The molecule has 10 heteroatoms. The molecule has 0 saturated heterocycles. The number of nitrogens with zero attached hydrogens (tertiary/aromatic N) is 2. The molecule has 1 heterocycles. The number of aromatic nitrogens is 2. The molecule has 1 amide bonds. The van der Waals surface area contributed by atoms with Gasteiger partial charge < -0.3 is 9.88 Å². The van der Waals surface area contributed by atoms with E-state index in [1.165, 1.54) is 24.3 Å². The number of carbonyl (C=O) groups excluding carboxylic acids is 1. The molecule has 152 valence electrons. The van der Waals surface area contributed by atoms with Gasteiger partial charge in [-0.25, -0.2) is 13.4 Å². The van der Waals surface area contributed by atoms with Crippen molar-refractivity contribution in [2.24, 2.45) is 0 Å². The molecule has 0 radical (unpaired) electrons. The largest absolute Gasteiger partial charge is 0.352 e. The van der Waals surface area contributed by atoms with E-state index in [-0.39, 0.29) is 32.1 Å². The first kappa shape index (κ1) is 21.2. The van der Waals surface area contributed by atoms with E-state index in [1.54, 1.807) is 30.7 Å². The molecule has 3 aromatic rings. The predicted molar refractivity (Wildman–Crippen MR) is 113 cm³/mol. The normalized spacial score (nSPS) is 11.2. The summed E-state index contributed by atoms with van der Waals surface area (Å²) >= 11 is 12.0. The van der Waals surface area contributed by atoms with Crippen LogP contribution in [0.1, 0.15) is 16.8 Å². The van der Waals surface area contributed by atoms with Crippen LogP contribution in [0.4, 0.5) is 5.69 Å². The summed E-state index contributed by atoms with van der Waals surface area (Å²) in [6, 6.07) is 10.7. The monoisotopic (exact) mass is 452 g/mol. The van der Waals surface area contributed by atoms with Crippen molar-refractivity contribution in [1.29, 1.82) is 0 Å². The Hall–Kier alpha value is -2.55. The van der Waals surface area contributed by atoms with Crippen LogP contribution in [0, 0.1) is 0 Å². The minimum atomic E-state index is -4.03. The highest BCUT2D eigenvalue weighted by atomic mass is 35.5. The van der Waals surface area contributed by atoms with E-state index >= 15 is 0 Å². The first-order valence-corrected chi connectivity index (χ1v) is 10.9. The first-order chi connectivity index (χ1) is 13.9. The Kier molecular flexibility index (Phi) is 6.79. The number of rotatable bonds is 8. The third-order valence-corrected chi connectivity index (χ3v) is 6.40. The summed E-state index contributed by atoms with van der Waals surface area (Å²) in [6.07, 6.45) is 5.93. The molecule has 0 spiro atoms. The molecule has 0 fully saturated rings. The lowest BCUT2D eigenvalue weighted by molar-refractivity contribution is 0.0953. The SMILES string of the molecule is O=C(NCCCn1ccnc1)c1ccccc1NS(=O)(=O)c1cccc(Cl)c1Cl. The standard InChI is InChI=1S/C19H18Cl2N4O3S/c20-15-6-3-8-17(18(15)21)29(27,28)24-16-7-2-1-5-14(16)19(26)23-9-4-11-25-12-10-22-13-25/h1-3,5-8,10,12-13,24H,4,9,11H2,(H,23,26). The lowest BCUT2D eigenvalue weighted by Crippen LogP contribution is -2.26. The van der Waals surface area contributed by atoms with Crippen molar-refractivity contribution in [3.63, 3.8) is 0 Å². The van der Waals surface area contributed by atoms with E-state index in [0.29, 0.717) is 19.5 Å². The number of hydrogen-bond acceptors (Lipinski definition) is 4. The van der Waals surface area contributed by atoms with Crippen LogP contribution < -0.4 is 10.0 Å². The Bertz CT molecular complexity index is 1100. The minimum absolute atomic E-state index is 0.0805. The van der Waals surface area contributed by atoms with E-state index in [9.17, 15) is 13.2 Å². The lowest BCUT2D eigenvalue weighted by Gasteiger charge is -2.14. The number of hydrogen-bond donors (Lipinski definition) is 2. The van der Waals surface area contributed by atoms with Crippen LogP contribution in [-0.2, 0) is 16.6 Å². The van der Waals surface area contributed by atoms with Gasteiger partial charge in [0, 0.05) is 25.5 Å². The second-order valence-electron chi connectivity index (χ2n) is 6.11. The number of halogens is 2. The lowest BCUT2D eigenvalue weighted by atomic mass is 10.1. The number of carbonyl (C=O) groups is 1. The molecule has 0 bridgehead atoms. The fraction of sp³-hybridized carbons (Fsp3) is 0.158. The van der Waals surface area contributed by atoms with Crippen LogP contribution in [0.15, 0.2) is 66.1 Å². The molecule has 0 unspecified atom stereocenters. The van der Waals surface area contributed by atoms with E-state index in [0.717, 1.165) is 0 Å². The van der Waals surface area contributed by atoms with Gasteiger partial charge in [0.25, 0.3) is 15.9 Å². The summed E-state index contributed by atoms with van der Waals surface area (Å²) in [7, 11) is -4.03. The molecule has 29 heavy (non-hydrogen) atoms. The van der Waals surface area contributed by atoms with Crippen molar-refractivity contribution >= 4 is 44.8 Å². The molecule has 7 nitrogen and oxygen atoms in total. The predicted octanol–water partition coefficient (Wildman–Crippen LogP) is 3.81. The van der Waals surface area contributed by atoms with E-state index in [1.807, 2.05) is 10.8 Å². The molecule has 0 saturated carbocycles. The second kappa shape index (κ2) is 9.30. The van der Waals surface area contributed by atoms with Gasteiger partial charge in [0.2, 0.25) is 0 Å². The summed E-state index contributed by atoms with van der Waals surface area (Å²) in [5.74, 6) is -0.383. The fourth-order valence-electron chi connectivity index (χ4n) is 2.64.